The Morgan fingerprint density at radius 2 is 1.64 bits per heavy atom. The molecule has 16 heteroatoms. The van der Waals surface area contributed by atoms with Gasteiger partial charge in [-0.2, -0.15) is 18.9 Å². The molecule has 8 nitrogen and oxygen atoms in total. The second-order valence-corrected chi connectivity index (χ2v) is 9.12. The first-order valence-corrected chi connectivity index (χ1v) is 12.4. The van der Waals surface area contributed by atoms with Gasteiger partial charge in [0.15, 0.2) is 5.75 Å². The fraction of sp³-hybridized carbons (Fsp3) is 0.346. The number of hydrogen-bond acceptors (Lipinski definition) is 7. The summed E-state index contributed by atoms with van der Waals surface area (Å²) in [5, 5.41) is 7.61. The van der Waals surface area contributed by atoms with Crippen molar-refractivity contribution in [2.75, 3.05) is 0 Å². The molecule has 0 radical (unpaired) electrons. The summed E-state index contributed by atoms with van der Waals surface area (Å²) in [5.74, 6) is -4.55. The van der Waals surface area contributed by atoms with Gasteiger partial charge in [-0.3, -0.25) is 9.78 Å². The van der Waals surface area contributed by atoms with Crippen LogP contribution in [-0.2, 0) is 6.54 Å². The number of rotatable bonds is 6. The fourth-order valence-corrected chi connectivity index (χ4v) is 4.33. The van der Waals surface area contributed by atoms with Crippen molar-refractivity contribution in [2.45, 2.75) is 57.4 Å². The van der Waals surface area contributed by atoms with Crippen LogP contribution >= 0.6 is 0 Å². The molecule has 3 heterocycles. The Hall–Kier alpha value is -4.37. The van der Waals surface area contributed by atoms with Crippen LogP contribution in [0.2, 0.25) is 0 Å². The molecule has 0 unspecified atom stereocenters. The van der Waals surface area contributed by atoms with E-state index in [1.807, 2.05) is 0 Å². The lowest BCUT2D eigenvalue weighted by atomic mass is 9.84. The molecule has 0 aliphatic heterocycles. The smallest absolute Gasteiger partial charge is 0.404 e. The van der Waals surface area contributed by atoms with Crippen LogP contribution in [0.4, 0.5) is 35.1 Å². The van der Waals surface area contributed by atoms with Crippen LogP contribution < -0.4 is 10.3 Å². The Morgan fingerprint density at radius 3 is 2.21 bits per heavy atom. The van der Waals surface area contributed by atoms with Crippen molar-refractivity contribution >= 4 is 0 Å². The second kappa shape index (κ2) is 13.1. The van der Waals surface area contributed by atoms with Gasteiger partial charge in [0.2, 0.25) is 5.82 Å². The van der Waals surface area contributed by atoms with Crippen molar-refractivity contribution in [2.24, 2.45) is 0 Å². The van der Waals surface area contributed by atoms with Gasteiger partial charge in [-0.15, -0.1) is 13.2 Å². The quantitative estimate of drug-likeness (QED) is 0.226. The molecule has 0 saturated heterocycles. The summed E-state index contributed by atoms with van der Waals surface area (Å²) < 4.78 is 109. The fourth-order valence-electron chi connectivity index (χ4n) is 4.33. The van der Waals surface area contributed by atoms with Gasteiger partial charge in [0.05, 0.1) is 6.54 Å². The highest BCUT2D eigenvalue weighted by molar-refractivity contribution is 5.49. The van der Waals surface area contributed by atoms with Crippen molar-refractivity contribution in [1.29, 1.82) is 0 Å². The summed E-state index contributed by atoms with van der Waals surface area (Å²) in [4.78, 5) is 20.7. The molecule has 0 spiro atoms. The zero-order valence-electron chi connectivity index (χ0n) is 21.4. The maximum absolute atomic E-state index is 13.2. The van der Waals surface area contributed by atoms with Crippen LogP contribution in [0.5, 0.6) is 5.75 Å². The SMILES string of the molecule is Fc1cc(F)cc(F)c1.O=c1c(C2CCCCC2)cc(-c2noc(C(F)F)n2)nn1Cc1ncccc1OC(F)(F)F. The Labute approximate surface area is 232 Å². The molecule has 1 fully saturated rings. The molecular weight excluding hydrogens is 582 g/mol. The maximum Gasteiger partial charge on any atom is 0.573 e. The zero-order chi connectivity index (χ0) is 30.4. The van der Waals surface area contributed by atoms with Crippen molar-refractivity contribution in [3.8, 4) is 17.3 Å². The second-order valence-electron chi connectivity index (χ2n) is 9.12. The zero-order valence-corrected chi connectivity index (χ0v) is 21.4. The minimum absolute atomic E-state index is 0.0138. The molecule has 3 aromatic heterocycles. The number of aromatic nitrogens is 5. The highest BCUT2D eigenvalue weighted by Crippen LogP contribution is 2.32. The number of alkyl halides is 5. The van der Waals surface area contributed by atoms with E-state index in [1.54, 1.807) is 0 Å². The van der Waals surface area contributed by atoms with Crippen LogP contribution in [0.3, 0.4) is 0 Å². The molecule has 1 aromatic carbocycles. The summed E-state index contributed by atoms with van der Waals surface area (Å²) >= 11 is 0. The van der Waals surface area contributed by atoms with Gasteiger partial charge in [-0.25, -0.2) is 17.9 Å². The summed E-state index contributed by atoms with van der Waals surface area (Å²) in [6.07, 6.45) is -2.39. The van der Waals surface area contributed by atoms with E-state index in [4.69, 9.17) is 0 Å². The van der Waals surface area contributed by atoms with Crippen molar-refractivity contribution in [1.82, 2.24) is 24.9 Å². The Bertz CT molecular complexity index is 1520. The first kappa shape index (κ1) is 30.6. The molecule has 5 rings (SSSR count). The van der Waals surface area contributed by atoms with Crippen LogP contribution in [0, 0.1) is 17.5 Å². The van der Waals surface area contributed by atoms with Crippen molar-refractivity contribution < 1.29 is 44.4 Å². The van der Waals surface area contributed by atoms with Gasteiger partial charge in [0.1, 0.15) is 28.8 Å². The molecular formula is C26H21F8N5O3. The minimum atomic E-state index is -4.96. The minimum Gasteiger partial charge on any atom is -0.404 e. The number of halogens is 8. The van der Waals surface area contributed by atoms with Gasteiger partial charge in [0, 0.05) is 30.0 Å². The topological polar surface area (TPSA) is 95.9 Å². The third-order valence-electron chi connectivity index (χ3n) is 6.11. The summed E-state index contributed by atoms with van der Waals surface area (Å²) in [7, 11) is 0. The maximum atomic E-state index is 13.2. The van der Waals surface area contributed by atoms with Crippen LogP contribution in [0.25, 0.3) is 11.5 Å². The Balaban J connectivity index is 0.000000385. The monoisotopic (exact) mass is 603 g/mol. The van der Waals surface area contributed by atoms with E-state index in [9.17, 15) is 39.9 Å². The average Bonchev–Trinajstić information content (AvgIpc) is 3.41. The lowest BCUT2D eigenvalue weighted by Crippen LogP contribution is -2.30. The highest BCUT2D eigenvalue weighted by atomic mass is 19.4. The molecule has 0 bridgehead atoms. The molecule has 4 aromatic rings. The lowest BCUT2D eigenvalue weighted by molar-refractivity contribution is -0.275. The lowest BCUT2D eigenvalue weighted by Gasteiger charge is -2.22. The first-order valence-electron chi connectivity index (χ1n) is 12.4. The first-order chi connectivity index (χ1) is 19.9. The van der Waals surface area contributed by atoms with Crippen LogP contribution in [0.1, 0.15) is 61.6 Å². The number of nitrogens with zero attached hydrogens (tertiary/aromatic N) is 5. The van der Waals surface area contributed by atoms with E-state index < -0.39 is 54.0 Å². The molecule has 0 amide bonds. The van der Waals surface area contributed by atoms with Gasteiger partial charge in [0.25, 0.3) is 11.4 Å². The molecule has 1 aliphatic rings. The molecule has 42 heavy (non-hydrogen) atoms. The Morgan fingerprint density at radius 1 is 1.00 bits per heavy atom. The summed E-state index contributed by atoms with van der Waals surface area (Å²) in [6, 6.07) is 5.60. The van der Waals surface area contributed by atoms with Crippen molar-refractivity contribution in [3.05, 3.63) is 87.5 Å². The predicted molar refractivity (Wildman–Crippen MR) is 129 cm³/mol. The van der Waals surface area contributed by atoms with Crippen LogP contribution in [0.15, 0.2) is 51.9 Å². The van der Waals surface area contributed by atoms with Gasteiger partial charge < -0.3 is 9.26 Å². The van der Waals surface area contributed by atoms with E-state index in [2.05, 4.69) is 29.5 Å². The van der Waals surface area contributed by atoms with Gasteiger partial charge in [-0.1, -0.05) is 24.4 Å². The van der Waals surface area contributed by atoms with E-state index in [0.717, 1.165) is 42.9 Å². The molecule has 0 atom stereocenters. The number of benzene rings is 1. The van der Waals surface area contributed by atoms with Gasteiger partial charge in [-0.05, 0) is 37.0 Å². The van der Waals surface area contributed by atoms with Crippen molar-refractivity contribution in [3.63, 3.8) is 0 Å². The standard InChI is InChI=1S/C20H18F5N5O3.C6H3F3/c21-16(22)18-27-17(29-33-18)13-9-12(11-5-2-1-3-6-11)19(31)30(28-13)10-14-15(7-4-8-26-14)32-20(23,24)25;7-4-1-5(8)3-6(9)2-4/h4,7-9,11,16H,1-3,5-6,10H2;1-3H. The molecule has 224 valence electrons. The van der Waals surface area contributed by atoms with E-state index in [1.165, 1.54) is 18.3 Å². The van der Waals surface area contributed by atoms with E-state index in [-0.39, 0.29) is 23.1 Å². The van der Waals surface area contributed by atoms with E-state index >= 15 is 0 Å². The number of pyridine rings is 1. The normalized spacial score (nSPS) is 14.0. The molecule has 0 N–H and O–H groups in total. The predicted octanol–water partition coefficient (Wildman–Crippen LogP) is 6.72. The van der Waals surface area contributed by atoms with E-state index in [0.29, 0.717) is 23.8 Å². The number of ether oxygens (including phenoxy) is 1. The number of hydrogen-bond donors (Lipinski definition) is 0. The highest BCUT2D eigenvalue weighted by Gasteiger charge is 2.32. The van der Waals surface area contributed by atoms with Gasteiger partial charge >= 0.3 is 12.8 Å². The third-order valence-corrected chi connectivity index (χ3v) is 6.11. The molecule has 1 aliphatic carbocycles. The summed E-state index contributed by atoms with van der Waals surface area (Å²) in [6.45, 7) is -0.446. The third kappa shape index (κ3) is 8.10. The average molecular weight is 603 g/mol. The summed E-state index contributed by atoms with van der Waals surface area (Å²) in [5.41, 5.74) is -0.359. The molecule has 1 saturated carbocycles. The largest absolute Gasteiger partial charge is 0.573 e. The Kier molecular flexibility index (Phi) is 9.52. The van der Waals surface area contributed by atoms with Crippen LogP contribution in [-0.4, -0.2) is 31.3 Å².